The molecule has 5 rings (SSSR count). The summed E-state index contributed by atoms with van der Waals surface area (Å²) in [5.74, 6) is -0.223. The summed E-state index contributed by atoms with van der Waals surface area (Å²) in [7, 11) is -3.89. The molecule has 1 N–H and O–H groups in total. The summed E-state index contributed by atoms with van der Waals surface area (Å²) in [6.45, 7) is 2.21. The number of fused-ring (bicyclic) bond motifs is 2. The van der Waals surface area contributed by atoms with Crippen LogP contribution in [-0.2, 0) is 14.8 Å². The summed E-state index contributed by atoms with van der Waals surface area (Å²) >= 11 is 0. The minimum atomic E-state index is -3.89. The molecular formula is C14H15NO6S. The van der Waals surface area contributed by atoms with E-state index in [-0.39, 0.29) is 23.6 Å². The second kappa shape index (κ2) is 3.94. The Balaban J connectivity index is 1.77. The fraction of sp³-hybridized carbons (Fsp3) is 0.500. The van der Waals surface area contributed by atoms with E-state index in [1.165, 1.54) is 18.2 Å². The Kier molecular flexibility index (Phi) is 2.47. The molecule has 1 aromatic carbocycles. The molecule has 1 aliphatic carbocycles. The van der Waals surface area contributed by atoms with Crippen molar-refractivity contribution in [3.63, 3.8) is 0 Å². The highest BCUT2D eigenvalue weighted by Crippen LogP contribution is 2.60. The number of carboxylic acids is 1. The summed E-state index contributed by atoms with van der Waals surface area (Å²) in [5.41, 5.74) is -1.55. The van der Waals surface area contributed by atoms with Crippen LogP contribution in [0.3, 0.4) is 0 Å². The van der Waals surface area contributed by atoms with E-state index in [0.717, 1.165) is 4.31 Å². The van der Waals surface area contributed by atoms with E-state index in [0.29, 0.717) is 24.3 Å². The van der Waals surface area contributed by atoms with Gasteiger partial charge in [0.15, 0.2) is 11.5 Å². The number of rotatable bonds is 3. The molecule has 1 saturated carbocycles. The van der Waals surface area contributed by atoms with Gasteiger partial charge in [-0.15, -0.1) is 0 Å². The number of ether oxygens (including phenoxy) is 2. The van der Waals surface area contributed by atoms with Crippen LogP contribution in [0, 0.1) is 5.41 Å². The summed E-state index contributed by atoms with van der Waals surface area (Å²) in [5, 5.41) is 9.51. The Morgan fingerprint density at radius 3 is 2.64 bits per heavy atom. The normalized spacial score (nSPS) is 32.8. The van der Waals surface area contributed by atoms with Crippen LogP contribution in [0.15, 0.2) is 23.1 Å². The summed E-state index contributed by atoms with van der Waals surface area (Å²) in [6, 6.07) is 4.35. The van der Waals surface area contributed by atoms with Crippen molar-refractivity contribution in [3.05, 3.63) is 18.2 Å². The molecule has 3 heterocycles. The zero-order valence-electron chi connectivity index (χ0n) is 11.9. The van der Waals surface area contributed by atoms with E-state index in [2.05, 4.69) is 0 Å². The van der Waals surface area contributed by atoms with Gasteiger partial charge < -0.3 is 14.6 Å². The SMILES string of the molecule is CC12CN(S(=O)(=O)c3ccc4c(c3)OCO4)C(C(=O)O)(C1)C2. The predicted molar refractivity (Wildman–Crippen MR) is 74.2 cm³/mol. The highest BCUT2D eigenvalue weighted by atomic mass is 32.2. The second-order valence-electron chi connectivity index (χ2n) is 6.53. The van der Waals surface area contributed by atoms with Crippen LogP contribution in [0.4, 0.5) is 0 Å². The van der Waals surface area contributed by atoms with Crippen LogP contribution >= 0.6 is 0 Å². The Labute approximate surface area is 127 Å². The maximum Gasteiger partial charge on any atom is 0.325 e. The molecule has 3 aliphatic heterocycles. The third-order valence-corrected chi connectivity index (χ3v) is 6.68. The first kappa shape index (κ1) is 13.8. The number of hydrogen-bond acceptors (Lipinski definition) is 5. The summed E-state index contributed by atoms with van der Waals surface area (Å²) in [4.78, 5) is 11.7. The van der Waals surface area contributed by atoms with Crippen molar-refractivity contribution in [2.45, 2.75) is 30.2 Å². The quantitative estimate of drug-likeness (QED) is 0.892. The Morgan fingerprint density at radius 1 is 1.27 bits per heavy atom. The van der Waals surface area contributed by atoms with Crippen molar-refractivity contribution in [3.8, 4) is 11.5 Å². The number of carboxylic acid groups (broad SMARTS) is 1. The van der Waals surface area contributed by atoms with Crippen LogP contribution in [-0.4, -0.2) is 42.7 Å². The van der Waals surface area contributed by atoms with Gasteiger partial charge in [-0.05, 0) is 30.4 Å². The number of hydrogen-bond donors (Lipinski definition) is 1. The number of nitrogens with zero attached hydrogens (tertiary/aromatic N) is 1. The number of benzene rings is 1. The van der Waals surface area contributed by atoms with E-state index >= 15 is 0 Å². The molecule has 4 aliphatic rings. The molecule has 7 nitrogen and oxygen atoms in total. The number of aliphatic carboxylic acids is 1. The maximum absolute atomic E-state index is 12.9. The summed E-state index contributed by atoms with van der Waals surface area (Å²) < 4.78 is 37.3. The second-order valence-corrected chi connectivity index (χ2v) is 8.39. The smallest absolute Gasteiger partial charge is 0.325 e. The van der Waals surface area contributed by atoms with Crippen LogP contribution in [0.1, 0.15) is 19.8 Å². The highest BCUT2D eigenvalue weighted by Gasteiger charge is 2.70. The van der Waals surface area contributed by atoms with E-state index in [1.807, 2.05) is 6.92 Å². The molecule has 118 valence electrons. The van der Waals surface area contributed by atoms with Gasteiger partial charge in [-0.3, -0.25) is 4.79 Å². The molecule has 1 aromatic rings. The van der Waals surface area contributed by atoms with Crippen LogP contribution in [0.2, 0.25) is 0 Å². The monoisotopic (exact) mass is 325 g/mol. The van der Waals surface area contributed by atoms with Crippen molar-refractivity contribution in [1.82, 2.24) is 4.31 Å². The van der Waals surface area contributed by atoms with E-state index in [1.54, 1.807) is 0 Å². The van der Waals surface area contributed by atoms with Gasteiger partial charge in [-0.25, -0.2) is 8.42 Å². The van der Waals surface area contributed by atoms with Crippen molar-refractivity contribution in [2.75, 3.05) is 13.3 Å². The van der Waals surface area contributed by atoms with Crippen molar-refractivity contribution in [2.24, 2.45) is 5.41 Å². The van der Waals surface area contributed by atoms with Crippen LogP contribution in [0.25, 0.3) is 0 Å². The first-order valence-corrected chi connectivity index (χ1v) is 8.37. The van der Waals surface area contributed by atoms with Crippen molar-refractivity contribution in [1.29, 1.82) is 0 Å². The fourth-order valence-corrected chi connectivity index (χ4v) is 5.78. The minimum absolute atomic E-state index is 0.0357. The highest BCUT2D eigenvalue weighted by molar-refractivity contribution is 7.89. The Morgan fingerprint density at radius 2 is 1.95 bits per heavy atom. The molecule has 2 saturated heterocycles. The van der Waals surface area contributed by atoms with Gasteiger partial charge in [-0.2, -0.15) is 4.31 Å². The molecule has 0 unspecified atom stereocenters. The van der Waals surface area contributed by atoms with Crippen molar-refractivity contribution < 1.29 is 27.8 Å². The zero-order valence-corrected chi connectivity index (χ0v) is 12.7. The standard InChI is InChI=1S/C14H15NO6S/c1-13-5-14(6-13,12(16)17)15(7-13)22(18,19)9-2-3-10-11(4-9)21-8-20-10/h2-4H,5-8H2,1H3,(H,16,17). The van der Waals surface area contributed by atoms with E-state index in [4.69, 9.17) is 9.47 Å². The fourth-order valence-electron chi connectivity index (χ4n) is 3.88. The third kappa shape index (κ3) is 1.59. The molecule has 0 spiro atoms. The molecule has 0 radical (unpaired) electrons. The Hall–Kier alpha value is -1.80. The largest absolute Gasteiger partial charge is 0.480 e. The van der Waals surface area contributed by atoms with Crippen LogP contribution in [0.5, 0.6) is 11.5 Å². The van der Waals surface area contributed by atoms with Gasteiger partial charge in [0, 0.05) is 12.6 Å². The van der Waals surface area contributed by atoms with E-state index < -0.39 is 21.5 Å². The van der Waals surface area contributed by atoms with E-state index in [9.17, 15) is 18.3 Å². The van der Waals surface area contributed by atoms with Gasteiger partial charge in [0.1, 0.15) is 5.54 Å². The number of sulfonamides is 1. The Bertz CT molecular complexity index is 781. The average Bonchev–Trinajstić information content (AvgIpc) is 3.07. The number of carbonyl (C=O) groups is 1. The van der Waals surface area contributed by atoms with Crippen molar-refractivity contribution >= 4 is 16.0 Å². The lowest BCUT2D eigenvalue weighted by molar-refractivity contribution is -0.151. The average molecular weight is 325 g/mol. The topological polar surface area (TPSA) is 93.1 Å². The molecule has 3 fully saturated rings. The van der Waals surface area contributed by atoms with Gasteiger partial charge in [-0.1, -0.05) is 6.92 Å². The lowest BCUT2D eigenvalue weighted by Gasteiger charge is -2.42. The van der Waals surface area contributed by atoms with Gasteiger partial charge >= 0.3 is 5.97 Å². The molecule has 0 aromatic heterocycles. The van der Waals surface area contributed by atoms with Gasteiger partial charge in [0.2, 0.25) is 16.8 Å². The molecule has 0 amide bonds. The minimum Gasteiger partial charge on any atom is -0.480 e. The van der Waals surface area contributed by atoms with Crippen LogP contribution < -0.4 is 9.47 Å². The first-order chi connectivity index (χ1) is 10.3. The summed E-state index contributed by atoms with van der Waals surface area (Å²) in [6.07, 6.45) is 0.720. The third-order valence-electron chi connectivity index (χ3n) is 4.77. The lowest BCUT2D eigenvalue weighted by atomic mass is 9.63. The predicted octanol–water partition coefficient (Wildman–Crippen LogP) is 1.04. The van der Waals surface area contributed by atoms with Gasteiger partial charge in [0.25, 0.3) is 0 Å². The molecule has 2 bridgehead atoms. The molecular weight excluding hydrogens is 310 g/mol. The van der Waals surface area contributed by atoms with Gasteiger partial charge in [0.05, 0.1) is 4.90 Å². The zero-order chi connectivity index (χ0) is 15.8. The molecule has 0 atom stereocenters. The maximum atomic E-state index is 12.9. The molecule has 22 heavy (non-hydrogen) atoms. The first-order valence-electron chi connectivity index (χ1n) is 6.93. The molecule has 8 heteroatoms. The lowest BCUT2D eigenvalue weighted by Crippen LogP contribution is -2.56.